The SMILES string of the molecule is NC(=O)C1CCCN(C(=O)Cc2csc(-c3cccs3)n2)C1. The lowest BCUT2D eigenvalue weighted by atomic mass is 9.97. The van der Waals surface area contributed by atoms with Gasteiger partial charge >= 0.3 is 0 Å². The molecule has 3 heterocycles. The normalized spacial score (nSPS) is 18.4. The molecule has 2 amide bonds. The average Bonchev–Trinajstić information content (AvgIpc) is 3.18. The first-order valence-corrected chi connectivity index (χ1v) is 8.95. The Balaban J connectivity index is 1.63. The van der Waals surface area contributed by atoms with Crippen LogP contribution in [0, 0.1) is 5.92 Å². The molecular formula is C15H17N3O2S2. The van der Waals surface area contributed by atoms with Crippen molar-refractivity contribution in [3.05, 3.63) is 28.6 Å². The lowest BCUT2D eigenvalue weighted by Gasteiger charge is -2.31. The molecule has 2 aromatic rings. The number of primary amides is 1. The third-order valence-electron chi connectivity index (χ3n) is 3.79. The van der Waals surface area contributed by atoms with E-state index in [0.717, 1.165) is 28.4 Å². The predicted molar refractivity (Wildman–Crippen MR) is 87.6 cm³/mol. The highest BCUT2D eigenvalue weighted by Gasteiger charge is 2.27. The number of amides is 2. The molecular weight excluding hydrogens is 318 g/mol. The van der Waals surface area contributed by atoms with Crippen molar-refractivity contribution in [2.45, 2.75) is 19.3 Å². The van der Waals surface area contributed by atoms with Crippen LogP contribution in [0.2, 0.25) is 0 Å². The molecule has 1 saturated heterocycles. The Hall–Kier alpha value is -1.73. The van der Waals surface area contributed by atoms with Gasteiger partial charge in [-0.25, -0.2) is 4.98 Å². The smallest absolute Gasteiger partial charge is 0.228 e. The summed E-state index contributed by atoms with van der Waals surface area (Å²) in [5.74, 6) is -0.505. The maximum atomic E-state index is 12.4. The van der Waals surface area contributed by atoms with E-state index in [1.54, 1.807) is 27.6 Å². The number of carbonyl (C=O) groups is 2. The van der Waals surface area contributed by atoms with Crippen molar-refractivity contribution in [1.29, 1.82) is 0 Å². The second-order valence-corrected chi connectivity index (χ2v) is 7.19. The maximum absolute atomic E-state index is 12.4. The third-order valence-corrected chi connectivity index (χ3v) is 5.72. The van der Waals surface area contributed by atoms with Crippen molar-refractivity contribution in [3.63, 3.8) is 0 Å². The highest BCUT2D eigenvalue weighted by atomic mass is 32.1. The largest absolute Gasteiger partial charge is 0.369 e. The molecule has 0 radical (unpaired) electrons. The van der Waals surface area contributed by atoms with E-state index in [-0.39, 0.29) is 24.2 Å². The van der Waals surface area contributed by atoms with E-state index in [1.165, 1.54) is 0 Å². The zero-order chi connectivity index (χ0) is 15.5. The molecule has 116 valence electrons. The minimum absolute atomic E-state index is 0.0222. The van der Waals surface area contributed by atoms with Gasteiger partial charge in [0.25, 0.3) is 0 Å². The lowest BCUT2D eigenvalue weighted by Crippen LogP contribution is -2.44. The van der Waals surface area contributed by atoms with Crippen LogP contribution in [-0.4, -0.2) is 34.8 Å². The van der Waals surface area contributed by atoms with Crippen LogP contribution in [0.5, 0.6) is 0 Å². The van der Waals surface area contributed by atoms with Gasteiger partial charge in [-0.15, -0.1) is 22.7 Å². The quantitative estimate of drug-likeness (QED) is 0.930. The molecule has 2 aromatic heterocycles. The lowest BCUT2D eigenvalue weighted by molar-refractivity contribution is -0.134. The summed E-state index contributed by atoms with van der Waals surface area (Å²) in [5.41, 5.74) is 6.14. The summed E-state index contributed by atoms with van der Waals surface area (Å²) < 4.78 is 0. The van der Waals surface area contributed by atoms with E-state index < -0.39 is 0 Å². The van der Waals surface area contributed by atoms with Gasteiger partial charge in [-0.2, -0.15) is 0 Å². The molecule has 22 heavy (non-hydrogen) atoms. The summed E-state index contributed by atoms with van der Waals surface area (Å²) in [4.78, 5) is 31.1. The Labute approximate surface area is 136 Å². The second-order valence-electron chi connectivity index (χ2n) is 5.38. The molecule has 1 aliphatic heterocycles. The van der Waals surface area contributed by atoms with Gasteiger partial charge in [0.15, 0.2) is 0 Å². The number of rotatable bonds is 4. The molecule has 0 spiro atoms. The topological polar surface area (TPSA) is 76.3 Å². The fraction of sp³-hybridized carbons (Fsp3) is 0.400. The number of thiazole rings is 1. The molecule has 0 aliphatic carbocycles. The summed E-state index contributed by atoms with van der Waals surface area (Å²) in [6.07, 6.45) is 1.89. The van der Waals surface area contributed by atoms with Crippen molar-refractivity contribution in [1.82, 2.24) is 9.88 Å². The number of hydrogen-bond donors (Lipinski definition) is 1. The van der Waals surface area contributed by atoms with Crippen LogP contribution in [0.15, 0.2) is 22.9 Å². The van der Waals surface area contributed by atoms with Crippen LogP contribution >= 0.6 is 22.7 Å². The number of nitrogens with zero attached hydrogens (tertiary/aromatic N) is 2. The van der Waals surface area contributed by atoms with Gasteiger partial charge in [-0.05, 0) is 24.3 Å². The summed E-state index contributed by atoms with van der Waals surface area (Å²) in [6, 6.07) is 4.02. The Bertz CT molecular complexity index is 666. The number of likely N-dealkylation sites (tertiary alicyclic amines) is 1. The molecule has 5 nitrogen and oxygen atoms in total. The van der Waals surface area contributed by atoms with Gasteiger partial charge in [0.05, 0.1) is 22.9 Å². The number of carbonyl (C=O) groups excluding carboxylic acids is 2. The third kappa shape index (κ3) is 3.36. The zero-order valence-corrected chi connectivity index (χ0v) is 13.7. The molecule has 2 N–H and O–H groups in total. The first kappa shape index (κ1) is 15.2. The predicted octanol–water partition coefficient (Wildman–Crippen LogP) is 2.14. The molecule has 1 atom stereocenters. The Morgan fingerprint density at radius 2 is 2.27 bits per heavy atom. The molecule has 0 bridgehead atoms. The van der Waals surface area contributed by atoms with Crippen molar-refractivity contribution in [2.24, 2.45) is 11.7 Å². The molecule has 1 aliphatic rings. The molecule has 1 fully saturated rings. The summed E-state index contributed by atoms with van der Waals surface area (Å²) >= 11 is 3.20. The second kappa shape index (κ2) is 6.58. The highest BCUT2D eigenvalue weighted by molar-refractivity contribution is 7.20. The van der Waals surface area contributed by atoms with Crippen molar-refractivity contribution < 1.29 is 9.59 Å². The van der Waals surface area contributed by atoms with Crippen LogP contribution in [0.4, 0.5) is 0 Å². The van der Waals surface area contributed by atoms with E-state index in [0.29, 0.717) is 13.1 Å². The number of nitrogens with two attached hydrogens (primary N) is 1. The van der Waals surface area contributed by atoms with Gasteiger partial charge in [0, 0.05) is 18.5 Å². The van der Waals surface area contributed by atoms with Crippen LogP contribution in [-0.2, 0) is 16.0 Å². The molecule has 1 unspecified atom stereocenters. The van der Waals surface area contributed by atoms with E-state index in [1.807, 2.05) is 22.9 Å². The maximum Gasteiger partial charge on any atom is 0.228 e. The molecule has 0 saturated carbocycles. The Morgan fingerprint density at radius 1 is 1.41 bits per heavy atom. The Kier molecular flexibility index (Phi) is 4.54. The standard InChI is InChI=1S/C15H17N3O2S2/c16-14(20)10-3-1-5-18(8-10)13(19)7-11-9-22-15(17-11)12-4-2-6-21-12/h2,4,6,9-10H,1,3,5,7-8H2,(H2,16,20). The number of thiophene rings is 1. The summed E-state index contributed by atoms with van der Waals surface area (Å²) in [5, 5.41) is 4.90. The van der Waals surface area contributed by atoms with Crippen molar-refractivity contribution in [2.75, 3.05) is 13.1 Å². The average molecular weight is 335 g/mol. The first-order chi connectivity index (χ1) is 10.6. The minimum atomic E-state index is -0.314. The zero-order valence-electron chi connectivity index (χ0n) is 12.0. The number of piperidine rings is 1. The monoisotopic (exact) mass is 335 g/mol. The Morgan fingerprint density at radius 3 is 3.00 bits per heavy atom. The van der Waals surface area contributed by atoms with Crippen LogP contribution in [0.25, 0.3) is 9.88 Å². The van der Waals surface area contributed by atoms with Gasteiger partial charge in [-0.1, -0.05) is 6.07 Å². The van der Waals surface area contributed by atoms with E-state index in [2.05, 4.69) is 4.98 Å². The van der Waals surface area contributed by atoms with Crippen LogP contribution in [0.1, 0.15) is 18.5 Å². The van der Waals surface area contributed by atoms with E-state index >= 15 is 0 Å². The summed E-state index contributed by atoms with van der Waals surface area (Å²) in [6.45, 7) is 1.14. The van der Waals surface area contributed by atoms with Gasteiger partial charge in [-0.3, -0.25) is 9.59 Å². The molecule has 0 aromatic carbocycles. The first-order valence-electron chi connectivity index (χ1n) is 7.19. The highest BCUT2D eigenvalue weighted by Crippen LogP contribution is 2.28. The number of aromatic nitrogens is 1. The number of hydrogen-bond acceptors (Lipinski definition) is 5. The van der Waals surface area contributed by atoms with Gasteiger partial charge in [0.2, 0.25) is 11.8 Å². The van der Waals surface area contributed by atoms with Crippen LogP contribution in [0.3, 0.4) is 0 Å². The van der Waals surface area contributed by atoms with E-state index in [9.17, 15) is 9.59 Å². The minimum Gasteiger partial charge on any atom is -0.369 e. The fourth-order valence-corrected chi connectivity index (χ4v) is 4.24. The molecule has 7 heteroatoms. The molecule has 3 rings (SSSR count). The van der Waals surface area contributed by atoms with Crippen molar-refractivity contribution >= 4 is 34.5 Å². The summed E-state index contributed by atoms with van der Waals surface area (Å²) in [7, 11) is 0. The van der Waals surface area contributed by atoms with E-state index in [4.69, 9.17) is 5.73 Å². The van der Waals surface area contributed by atoms with Crippen molar-refractivity contribution in [3.8, 4) is 9.88 Å². The van der Waals surface area contributed by atoms with Crippen LogP contribution < -0.4 is 5.73 Å². The van der Waals surface area contributed by atoms with Gasteiger partial charge in [0.1, 0.15) is 5.01 Å². The fourth-order valence-electron chi connectivity index (χ4n) is 2.60. The van der Waals surface area contributed by atoms with Gasteiger partial charge < -0.3 is 10.6 Å².